The van der Waals surface area contributed by atoms with Gasteiger partial charge in [-0.3, -0.25) is 0 Å². The fourth-order valence-electron chi connectivity index (χ4n) is 3.50. The number of nitroso groups, excluding NO2 is 1. The fraction of sp³-hybridized carbons (Fsp3) is 0.684. The van der Waals surface area contributed by atoms with Gasteiger partial charge in [0.25, 0.3) is 0 Å². The monoisotopic (exact) mass is 334 g/mol. The zero-order valence-electron chi connectivity index (χ0n) is 14.5. The van der Waals surface area contributed by atoms with Gasteiger partial charge >= 0.3 is 0 Å². The van der Waals surface area contributed by atoms with Gasteiger partial charge in [0.15, 0.2) is 0 Å². The number of hydrogen-bond acceptors (Lipinski definition) is 5. The van der Waals surface area contributed by atoms with Crippen LogP contribution in [0.25, 0.3) is 0 Å². The number of aliphatic hydroxyl groups excluding tert-OH is 2. The molecule has 1 aliphatic carbocycles. The molecule has 0 radical (unpaired) electrons. The topological polar surface area (TPSA) is 95.9 Å². The van der Waals surface area contributed by atoms with E-state index in [-0.39, 0.29) is 19.3 Å². The van der Waals surface area contributed by atoms with Crippen LogP contribution in [0.2, 0.25) is 0 Å². The van der Waals surface area contributed by atoms with Crippen LogP contribution in [0.3, 0.4) is 0 Å². The highest BCUT2D eigenvalue weighted by Gasteiger charge is 2.28. The second-order valence-electron chi connectivity index (χ2n) is 7.49. The molecule has 2 rings (SSSR count). The highest BCUT2D eigenvalue weighted by Crippen LogP contribution is 2.38. The van der Waals surface area contributed by atoms with Crippen LogP contribution in [0, 0.1) is 16.7 Å². The number of rotatable bonds is 8. The lowest BCUT2D eigenvalue weighted by atomic mass is 9.77. The summed E-state index contributed by atoms with van der Waals surface area (Å²) >= 11 is 0. The Morgan fingerprint density at radius 1 is 1.17 bits per heavy atom. The first-order valence-electron chi connectivity index (χ1n) is 8.93. The van der Waals surface area contributed by atoms with E-state index in [1.54, 1.807) is 0 Å². The molecule has 0 amide bonds. The minimum Gasteiger partial charge on any atom is -0.394 e. The van der Waals surface area contributed by atoms with Crippen molar-refractivity contribution in [1.82, 2.24) is 0 Å². The van der Waals surface area contributed by atoms with Crippen molar-refractivity contribution in [3.8, 4) is 0 Å². The largest absolute Gasteiger partial charge is 0.394 e. The van der Waals surface area contributed by atoms with Gasteiger partial charge in [-0.2, -0.15) is 4.91 Å². The average molecular weight is 334 g/mol. The molecule has 4 N–H and O–H groups in total. The van der Waals surface area contributed by atoms with E-state index in [1.807, 2.05) is 24.3 Å². The minimum atomic E-state index is -0.940. The van der Waals surface area contributed by atoms with Crippen LogP contribution in [-0.4, -0.2) is 29.0 Å². The molecule has 5 nitrogen and oxygen atoms in total. The van der Waals surface area contributed by atoms with Crippen LogP contribution in [0.5, 0.6) is 0 Å². The Morgan fingerprint density at radius 3 is 2.25 bits per heavy atom. The number of nitrogens with zero attached hydrogens (tertiary/aromatic N) is 1. The van der Waals surface area contributed by atoms with Crippen molar-refractivity contribution < 1.29 is 10.2 Å². The molecule has 0 saturated heterocycles. The zero-order chi connectivity index (χ0) is 17.6. The molecule has 1 unspecified atom stereocenters. The van der Waals surface area contributed by atoms with Crippen molar-refractivity contribution >= 4 is 0 Å². The molecule has 0 heterocycles. The van der Waals surface area contributed by atoms with Crippen LogP contribution in [0.15, 0.2) is 29.4 Å². The molecule has 0 aliphatic heterocycles. The van der Waals surface area contributed by atoms with Crippen LogP contribution in [0.1, 0.15) is 56.2 Å². The summed E-state index contributed by atoms with van der Waals surface area (Å²) in [4.78, 5) is 11.4. The third-order valence-corrected chi connectivity index (χ3v) is 5.48. The lowest BCUT2D eigenvalue weighted by Crippen LogP contribution is -2.47. The molecule has 1 fully saturated rings. The first kappa shape index (κ1) is 19.0. The lowest BCUT2D eigenvalue weighted by Gasteiger charge is -2.29. The zero-order valence-corrected chi connectivity index (χ0v) is 14.5. The van der Waals surface area contributed by atoms with Crippen molar-refractivity contribution in [3.63, 3.8) is 0 Å². The summed E-state index contributed by atoms with van der Waals surface area (Å²) in [6.07, 6.45) is 5.68. The summed E-state index contributed by atoms with van der Waals surface area (Å²) in [5.41, 5.74) is 7.02. The maximum Gasteiger partial charge on any atom is 0.120 e. The smallest absolute Gasteiger partial charge is 0.120 e. The van der Waals surface area contributed by atoms with Gasteiger partial charge in [-0.1, -0.05) is 49.2 Å². The molecule has 1 saturated carbocycles. The Balaban J connectivity index is 1.98. The van der Waals surface area contributed by atoms with Gasteiger partial charge in [0.2, 0.25) is 0 Å². The van der Waals surface area contributed by atoms with Crippen molar-refractivity contribution in [3.05, 3.63) is 40.3 Å². The molecular formula is C19H30N2O3. The standard InChI is InChI=1S/C19H30N2O3/c1-14-2-6-16(7-3-14)18(21-24)17-8-4-15(5-9-17)10-11-19(20,12-22)13-23/h4-5,8-9,14,16,18,22-23H,2-3,6-7,10-13,20H2,1H3. The summed E-state index contributed by atoms with van der Waals surface area (Å²) in [5, 5.41) is 21.9. The molecule has 0 bridgehead atoms. The van der Waals surface area contributed by atoms with E-state index >= 15 is 0 Å². The predicted molar refractivity (Wildman–Crippen MR) is 95.5 cm³/mol. The number of aliphatic hydroxyl groups is 2. The second kappa shape index (κ2) is 8.70. The Hall–Kier alpha value is -1.30. The molecule has 0 aromatic heterocycles. The summed E-state index contributed by atoms with van der Waals surface area (Å²) < 4.78 is 0. The van der Waals surface area contributed by atoms with Gasteiger partial charge in [0, 0.05) is 0 Å². The molecule has 5 heteroatoms. The third kappa shape index (κ3) is 4.85. The van der Waals surface area contributed by atoms with E-state index in [9.17, 15) is 15.1 Å². The van der Waals surface area contributed by atoms with E-state index in [0.29, 0.717) is 18.8 Å². The van der Waals surface area contributed by atoms with Crippen LogP contribution < -0.4 is 5.73 Å². The second-order valence-corrected chi connectivity index (χ2v) is 7.49. The summed E-state index contributed by atoms with van der Waals surface area (Å²) in [6, 6.07) is 7.70. The van der Waals surface area contributed by atoms with E-state index in [4.69, 9.17) is 5.73 Å². The average Bonchev–Trinajstić information content (AvgIpc) is 2.63. The number of nitrogens with two attached hydrogens (primary N) is 1. The van der Waals surface area contributed by atoms with Crippen LogP contribution in [-0.2, 0) is 6.42 Å². The maximum absolute atomic E-state index is 11.4. The Labute approximate surface area is 144 Å². The minimum absolute atomic E-state index is 0.237. The highest BCUT2D eigenvalue weighted by atomic mass is 16.3. The first-order chi connectivity index (χ1) is 11.5. The van der Waals surface area contributed by atoms with E-state index in [0.717, 1.165) is 29.9 Å². The maximum atomic E-state index is 11.4. The molecule has 0 spiro atoms. The van der Waals surface area contributed by atoms with Crippen LogP contribution >= 0.6 is 0 Å². The Morgan fingerprint density at radius 2 is 1.75 bits per heavy atom. The number of aryl methyl sites for hydroxylation is 1. The normalized spacial score (nSPS) is 23.0. The predicted octanol–water partition coefficient (Wildman–Crippen LogP) is 2.94. The Kier molecular flexibility index (Phi) is 6.90. The van der Waals surface area contributed by atoms with Crippen molar-refractivity contribution in [2.45, 2.75) is 57.0 Å². The molecular weight excluding hydrogens is 304 g/mol. The molecule has 24 heavy (non-hydrogen) atoms. The lowest BCUT2D eigenvalue weighted by molar-refractivity contribution is 0.115. The number of benzene rings is 1. The summed E-state index contributed by atoms with van der Waals surface area (Å²) in [6.45, 7) is 1.79. The number of hydrogen-bond donors (Lipinski definition) is 3. The highest BCUT2D eigenvalue weighted by molar-refractivity contribution is 5.26. The van der Waals surface area contributed by atoms with E-state index < -0.39 is 5.54 Å². The molecule has 1 aliphatic rings. The third-order valence-electron chi connectivity index (χ3n) is 5.48. The quantitative estimate of drug-likeness (QED) is 0.637. The van der Waals surface area contributed by atoms with Crippen LogP contribution in [0.4, 0.5) is 0 Å². The molecule has 1 aromatic rings. The van der Waals surface area contributed by atoms with E-state index in [1.165, 1.54) is 12.8 Å². The molecule has 1 atom stereocenters. The molecule has 134 valence electrons. The van der Waals surface area contributed by atoms with Gasteiger partial charge < -0.3 is 15.9 Å². The SMILES string of the molecule is CC1CCC(C(N=O)c2ccc(CCC(N)(CO)CO)cc2)CC1. The summed E-state index contributed by atoms with van der Waals surface area (Å²) in [5.74, 6) is 1.11. The van der Waals surface area contributed by atoms with E-state index in [2.05, 4.69) is 12.1 Å². The van der Waals surface area contributed by atoms with Gasteiger partial charge in [-0.05, 0) is 48.6 Å². The van der Waals surface area contributed by atoms with Gasteiger partial charge in [-0.25, -0.2) is 0 Å². The van der Waals surface area contributed by atoms with Gasteiger partial charge in [0.1, 0.15) is 6.04 Å². The first-order valence-corrected chi connectivity index (χ1v) is 8.93. The van der Waals surface area contributed by atoms with Gasteiger partial charge in [-0.15, -0.1) is 0 Å². The van der Waals surface area contributed by atoms with Crippen molar-refractivity contribution in [2.75, 3.05) is 13.2 Å². The van der Waals surface area contributed by atoms with Crippen molar-refractivity contribution in [2.24, 2.45) is 22.7 Å². The van der Waals surface area contributed by atoms with Crippen molar-refractivity contribution in [1.29, 1.82) is 0 Å². The molecule has 1 aromatic carbocycles. The fourth-order valence-corrected chi connectivity index (χ4v) is 3.50. The Bertz CT molecular complexity index is 506. The summed E-state index contributed by atoms with van der Waals surface area (Å²) in [7, 11) is 0. The van der Waals surface area contributed by atoms with Gasteiger partial charge in [0.05, 0.1) is 18.8 Å².